The molecule has 1 saturated heterocycles. The second kappa shape index (κ2) is 7.79. The van der Waals surface area contributed by atoms with Crippen LogP contribution >= 0.6 is 23.2 Å². The molecule has 2 rings (SSSR count). The molecule has 6 nitrogen and oxygen atoms in total. The van der Waals surface area contributed by atoms with E-state index in [0.717, 1.165) is 12.1 Å². The van der Waals surface area contributed by atoms with Gasteiger partial charge < -0.3 is 10.6 Å². The van der Waals surface area contributed by atoms with Crippen molar-refractivity contribution in [2.45, 2.75) is 23.9 Å². The van der Waals surface area contributed by atoms with Gasteiger partial charge in [-0.3, -0.25) is 4.79 Å². The van der Waals surface area contributed by atoms with Gasteiger partial charge in [-0.15, -0.1) is 0 Å². The van der Waals surface area contributed by atoms with Gasteiger partial charge in [-0.2, -0.15) is 13.2 Å². The average Bonchev–Trinajstić information content (AvgIpc) is 2.56. The zero-order chi connectivity index (χ0) is 19.7. The lowest BCUT2D eigenvalue weighted by atomic mass is 9.96. The number of sulfonamides is 1. The predicted molar refractivity (Wildman–Crippen MR) is 91.4 cm³/mol. The molecule has 1 aromatic rings. The number of anilines is 1. The fraction of sp³-hybridized carbons (Fsp3) is 0.500. The molecule has 0 atom stereocenters. The molecule has 1 heterocycles. The van der Waals surface area contributed by atoms with Crippen LogP contribution in [0.15, 0.2) is 17.0 Å². The van der Waals surface area contributed by atoms with Crippen LogP contribution in [0.2, 0.25) is 10.0 Å². The number of carbonyl (C=O) groups is 1. The predicted octanol–water partition coefficient (Wildman–Crippen LogP) is 2.65. The molecule has 0 radical (unpaired) electrons. The third kappa shape index (κ3) is 4.93. The van der Waals surface area contributed by atoms with E-state index in [-0.39, 0.29) is 46.6 Å². The highest BCUT2D eigenvalue weighted by atomic mass is 35.5. The fourth-order valence-corrected chi connectivity index (χ4v) is 4.17. The molecule has 0 saturated carbocycles. The van der Waals surface area contributed by atoms with Crippen LogP contribution in [0.4, 0.5) is 18.9 Å². The molecule has 3 N–H and O–H groups in total. The van der Waals surface area contributed by atoms with Crippen molar-refractivity contribution in [1.82, 2.24) is 9.62 Å². The van der Waals surface area contributed by atoms with Gasteiger partial charge in [0.15, 0.2) is 0 Å². The molecule has 0 spiro atoms. The first-order chi connectivity index (χ1) is 11.9. The fourth-order valence-electron chi connectivity index (χ4n) is 2.52. The molecule has 0 unspecified atom stereocenters. The number of nitrogen functional groups attached to an aromatic ring is 1. The molecule has 146 valence electrons. The summed E-state index contributed by atoms with van der Waals surface area (Å²) in [5, 5.41) is -0.114. The molecular formula is C14H16Cl2F3N3O3S. The Labute approximate surface area is 158 Å². The van der Waals surface area contributed by atoms with Gasteiger partial charge in [0.1, 0.15) is 0 Å². The minimum absolute atomic E-state index is 0.0240. The second-order valence-electron chi connectivity index (χ2n) is 5.82. The smallest absolute Gasteiger partial charge is 0.391 e. The first-order valence-electron chi connectivity index (χ1n) is 7.50. The molecule has 1 aliphatic rings. The van der Waals surface area contributed by atoms with Crippen LogP contribution in [0.3, 0.4) is 0 Å². The van der Waals surface area contributed by atoms with Crippen LogP contribution in [0.1, 0.15) is 12.8 Å². The highest BCUT2D eigenvalue weighted by molar-refractivity contribution is 7.89. The maximum absolute atomic E-state index is 12.6. The highest BCUT2D eigenvalue weighted by Gasteiger charge is 2.41. The SMILES string of the molecule is Nc1c(Cl)cc(S(=O)(=O)NCC(=O)N2CCC(C(F)(F)F)CC2)cc1Cl. The van der Waals surface area contributed by atoms with Gasteiger partial charge >= 0.3 is 6.18 Å². The van der Waals surface area contributed by atoms with Gasteiger partial charge in [0.25, 0.3) is 0 Å². The Morgan fingerprint density at radius 1 is 1.23 bits per heavy atom. The number of nitrogens with two attached hydrogens (primary N) is 1. The Balaban J connectivity index is 1.97. The summed E-state index contributed by atoms with van der Waals surface area (Å²) in [6.45, 7) is -0.743. The minimum Gasteiger partial charge on any atom is -0.396 e. The average molecular weight is 434 g/mol. The van der Waals surface area contributed by atoms with Gasteiger partial charge in [-0.1, -0.05) is 23.2 Å². The summed E-state index contributed by atoms with van der Waals surface area (Å²) < 4.78 is 64.4. The van der Waals surface area contributed by atoms with Gasteiger partial charge in [-0.05, 0) is 25.0 Å². The summed E-state index contributed by atoms with van der Waals surface area (Å²) in [4.78, 5) is 13.0. The van der Waals surface area contributed by atoms with Crippen molar-refractivity contribution in [1.29, 1.82) is 0 Å². The number of benzene rings is 1. The molecule has 12 heteroatoms. The number of alkyl halides is 3. The molecular weight excluding hydrogens is 418 g/mol. The van der Waals surface area contributed by atoms with Gasteiger partial charge in [0, 0.05) is 13.1 Å². The van der Waals surface area contributed by atoms with Crippen LogP contribution in [0.5, 0.6) is 0 Å². The van der Waals surface area contributed by atoms with E-state index in [9.17, 15) is 26.4 Å². The zero-order valence-corrected chi connectivity index (χ0v) is 15.6. The van der Waals surface area contributed by atoms with E-state index in [1.165, 1.54) is 4.90 Å². The second-order valence-corrected chi connectivity index (χ2v) is 8.40. The Morgan fingerprint density at radius 3 is 2.19 bits per heavy atom. The number of halogens is 5. The normalized spacial score (nSPS) is 16.7. The third-order valence-corrected chi connectivity index (χ3v) is 6.09. The number of rotatable bonds is 4. The lowest BCUT2D eigenvalue weighted by Crippen LogP contribution is -2.46. The number of carbonyl (C=O) groups excluding carboxylic acids is 1. The van der Waals surface area contributed by atoms with Crippen LogP contribution in [-0.2, 0) is 14.8 Å². The quantitative estimate of drug-likeness (QED) is 0.713. The van der Waals surface area contributed by atoms with E-state index in [0.29, 0.717) is 0 Å². The first-order valence-corrected chi connectivity index (χ1v) is 9.74. The summed E-state index contributed by atoms with van der Waals surface area (Å²) in [7, 11) is -4.09. The highest BCUT2D eigenvalue weighted by Crippen LogP contribution is 2.34. The Kier molecular flexibility index (Phi) is 6.32. The van der Waals surface area contributed by atoms with Crippen molar-refractivity contribution in [3.63, 3.8) is 0 Å². The van der Waals surface area contributed by atoms with Crippen molar-refractivity contribution in [2.24, 2.45) is 5.92 Å². The molecule has 0 bridgehead atoms. The van der Waals surface area contributed by atoms with Crippen molar-refractivity contribution in [2.75, 3.05) is 25.4 Å². The van der Waals surface area contributed by atoms with Gasteiger partial charge in [0.05, 0.1) is 33.1 Å². The van der Waals surface area contributed by atoms with E-state index in [4.69, 9.17) is 28.9 Å². The van der Waals surface area contributed by atoms with Crippen LogP contribution in [0.25, 0.3) is 0 Å². The summed E-state index contributed by atoms with van der Waals surface area (Å²) in [5.41, 5.74) is 5.56. The van der Waals surface area contributed by atoms with Crippen LogP contribution < -0.4 is 10.5 Å². The van der Waals surface area contributed by atoms with Crippen LogP contribution in [0, 0.1) is 5.92 Å². The third-order valence-electron chi connectivity index (χ3n) is 4.09. The Morgan fingerprint density at radius 2 is 1.73 bits per heavy atom. The largest absolute Gasteiger partial charge is 0.396 e. The summed E-state index contributed by atoms with van der Waals surface area (Å²) in [6, 6.07) is 2.18. The molecule has 26 heavy (non-hydrogen) atoms. The number of nitrogens with zero attached hydrogens (tertiary/aromatic N) is 1. The number of amides is 1. The van der Waals surface area contributed by atoms with E-state index in [1.807, 2.05) is 0 Å². The number of hydrogen-bond acceptors (Lipinski definition) is 4. The molecule has 1 aromatic carbocycles. The molecule has 1 fully saturated rings. The number of hydrogen-bond donors (Lipinski definition) is 2. The Hall–Kier alpha value is -1.23. The van der Waals surface area contributed by atoms with Crippen molar-refractivity contribution < 1.29 is 26.4 Å². The molecule has 0 aliphatic carbocycles. The van der Waals surface area contributed by atoms with Gasteiger partial charge in [-0.25, -0.2) is 13.1 Å². The standard InChI is InChI=1S/C14H16Cl2F3N3O3S/c15-10-5-9(6-11(16)13(10)20)26(24,25)21-7-12(23)22-3-1-8(2-4-22)14(17,18)19/h5-6,8,21H,1-4,7,20H2. The lowest BCUT2D eigenvalue weighted by Gasteiger charge is -2.32. The lowest BCUT2D eigenvalue weighted by molar-refractivity contribution is -0.186. The van der Waals surface area contributed by atoms with Crippen molar-refractivity contribution in [3.05, 3.63) is 22.2 Å². The molecule has 1 amide bonds. The topological polar surface area (TPSA) is 92.5 Å². The maximum Gasteiger partial charge on any atom is 0.391 e. The molecule has 1 aliphatic heterocycles. The monoisotopic (exact) mass is 433 g/mol. The van der Waals surface area contributed by atoms with E-state index in [2.05, 4.69) is 4.72 Å². The van der Waals surface area contributed by atoms with Gasteiger partial charge in [0.2, 0.25) is 15.9 Å². The van der Waals surface area contributed by atoms with Crippen LogP contribution in [-0.4, -0.2) is 45.0 Å². The van der Waals surface area contributed by atoms with Crippen molar-refractivity contribution >= 4 is 44.8 Å². The number of nitrogens with one attached hydrogen (secondary N) is 1. The Bertz CT molecular complexity index is 771. The van der Waals surface area contributed by atoms with E-state index < -0.39 is 34.6 Å². The van der Waals surface area contributed by atoms with E-state index in [1.54, 1.807) is 0 Å². The summed E-state index contributed by atoms with van der Waals surface area (Å²) >= 11 is 11.6. The van der Waals surface area contributed by atoms with Crippen molar-refractivity contribution in [3.8, 4) is 0 Å². The van der Waals surface area contributed by atoms with E-state index >= 15 is 0 Å². The molecule has 0 aromatic heterocycles. The number of piperidine rings is 1. The summed E-state index contributed by atoms with van der Waals surface area (Å²) in [5.74, 6) is -2.05. The first kappa shape index (κ1) is 21.1. The minimum atomic E-state index is -4.29. The number of likely N-dealkylation sites (tertiary alicyclic amines) is 1. The zero-order valence-electron chi connectivity index (χ0n) is 13.3. The maximum atomic E-state index is 12.6. The summed E-state index contributed by atoms with van der Waals surface area (Å²) in [6.07, 6.45) is -4.69.